The molecule has 132 valence electrons. The molecule has 2 aromatic carbocycles. The summed E-state index contributed by atoms with van der Waals surface area (Å²) in [5.74, 6) is 0.717. The second-order valence-electron chi connectivity index (χ2n) is 5.61. The van der Waals surface area contributed by atoms with E-state index in [0.717, 1.165) is 16.8 Å². The van der Waals surface area contributed by atoms with Crippen molar-refractivity contribution >= 4 is 35.0 Å². The van der Waals surface area contributed by atoms with Gasteiger partial charge in [-0.3, -0.25) is 9.59 Å². The third-order valence-electron chi connectivity index (χ3n) is 3.50. The molecule has 0 radical (unpaired) electrons. The van der Waals surface area contributed by atoms with E-state index < -0.39 is 0 Å². The number of para-hydroxylation sites is 2. The highest BCUT2D eigenvalue weighted by molar-refractivity contribution is 8.00. The number of amides is 2. The zero-order valence-corrected chi connectivity index (χ0v) is 15.4. The number of benzene rings is 2. The van der Waals surface area contributed by atoms with Crippen LogP contribution >= 0.6 is 11.8 Å². The third-order valence-corrected chi connectivity index (χ3v) is 4.44. The average Bonchev–Trinajstić information content (AvgIpc) is 2.58. The van der Waals surface area contributed by atoms with Gasteiger partial charge in [-0.1, -0.05) is 29.8 Å². The number of hydrogen-bond donors (Lipinski definition) is 2. The first-order chi connectivity index (χ1) is 12.0. The van der Waals surface area contributed by atoms with Crippen molar-refractivity contribution in [2.45, 2.75) is 13.8 Å². The summed E-state index contributed by atoms with van der Waals surface area (Å²) in [6, 6.07) is 13.1. The minimum Gasteiger partial charge on any atom is -0.495 e. The Morgan fingerprint density at radius 2 is 1.60 bits per heavy atom. The number of methoxy groups -OCH3 is 1. The zero-order valence-electron chi connectivity index (χ0n) is 14.6. The number of carbonyl (C=O) groups excluding carboxylic acids is 2. The second-order valence-corrected chi connectivity index (χ2v) is 6.59. The van der Waals surface area contributed by atoms with Crippen LogP contribution in [0.2, 0.25) is 0 Å². The fraction of sp³-hybridized carbons (Fsp3) is 0.263. The number of anilines is 2. The van der Waals surface area contributed by atoms with Crippen molar-refractivity contribution in [2.75, 3.05) is 29.2 Å². The Kier molecular flexibility index (Phi) is 6.89. The summed E-state index contributed by atoms with van der Waals surface area (Å²) in [5, 5.41) is 5.65. The Morgan fingerprint density at radius 3 is 2.24 bits per heavy atom. The topological polar surface area (TPSA) is 67.4 Å². The van der Waals surface area contributed by atoms with Gasteiger partial charge in [-0.2, -0.15) is 0 Å². The van der Waals surface area contributed by atoms with Crippen molar-refractivity contribution in [2.24, 2.45) is 0 Å². The molecule has 0 fully saturated rings. The lowest BCUT2D eigenvalue weighted by molar-refractivity contribution is -0.114. The van der Waals surface area contributed by atoms with E-state index in [1.807, 2.05) is 44.2 Å². The van der Waals surface area contributed by atoms with Crippen LogP contribution < -0.4 is 15.4 Å². The molecule has 6 heteroatoms. The van der Waals surface area contributed by atoms with Crippen LogP contribution in [0.1, 0.15) is 11.1 Å². The minimum absolute atomic E-state index is 0.123. The number of hydrogen-bond acceptors (Lipinski definition) is 4. The minimum atomic E-state index is -0.172. The van der Waals surface area contributed by atoms with Crippen molar-refractivity contribution in [1.29, 1.82) is 0 Å². The molecule has 0 bridgehead atoms. The normalized spacial score (nSPS) is 10.2. The molecule has 2 amide bonds. The van der Waals surface area contributed by atoms with E-state index in [0.29, 0.717) is 11.4 Å². The van der Waals surface area contributed by atoms with Crippen molar-refractivity contribution in [1.82, 2.24) is 0 Å². The summed E-state index contributed by atoms with van der Waals surface area (Å²) in [4.78, 5) is 24.0. The lowest BCUT2D eigenvalue weighted by Gasteiger charge is -2.10. The molecular formula is C19H22N2O3S. The van der Waals surface area contributed by atoms with Crippen LogP contribution in [-0.2, 0) is 9.59 Å². The molecule has 0 saturated carbocycles. The van der Waals surface area contributed by atoms with Gasteiger partial charge < -0.3 is 15.4 Å². The highest BCUT2D eigenvalue weighted by Crippen LogP contribution is 2.23. The van der Waals surface area contributed by atoms with Crippen LogP contribution in [0.15, 0.2) is 42.5 Å². The Balaban J connectivity index is 1.78. The van der Waals surface area contributed by atoms with Gasteiger partial charge in [0, 0.05) is 5.69 Å². The second kappa shape index (κ2) is 9.13. The quantitative estimate of drug-likeness (QED) is 0.793. The van der Waals surface area contributed by atoms with Gasteiger partial charge in [-0.05, 0) is 37.6 Å². The molecule has 25 heavy (non-hydrogen) atoms. The van der Waals surface area contributed by atoms with Gasteiger partial charge in [0.15, 0.2) is 0 Å². The summed E-state index contributed by atoms with van der Waals surface area (Å²) in [5.41, 5.74) is 3.59. The molecule has 0 spiro atoms. The largest absolute Gasteiger partial charge is 0.495 e. The lowest BCUT2D eigenvalue weighted by atomic mass is 10.1. The van der Waals surface area contributed by atoms with Crippen LogP contribution in [0.5, 0.6) is 5.75 Å². The number of carbonyl (C=O) groups is 2. The number of rotatable bonds is 7. The van der Waals surface area contributed by atoms with Gasteiger partial charge in [-0.25, -0.2) is 0 Å². The Labute approximate surface area is 152 Å². The molecule has 0 atom stereocenters. The molecule has 2 rings (SSSR count). The van der Waals surface area contributed by atoms with Crippen LogP contribution in [0, 0.1) is 13.8 Å². The van der Waals surface area contributed by atoms with Gasteiger partial charge in [0.05, 0.1) is 24.3 Å². The highest BCUT2D eigenvalue weighted by Gasteiger charge is 2.09. The predicted molar refractivity (Wildman–Crippen MR) is 103 cm³/mol. The average molecular weight is 358 g/mol. The van der Waals surface area contributed by atoms with Gasteiger partial charge in [0.2, 0.25) is 11.8 Å². The van der Waals surface area contributed by atoms with Gasteiger partial charge >= 0.3 is 0 Å². The van der Waals surface area contributed by atoms with Crippen LogP contribution in [0.3, 0.4) is 0 Å². The van der Waals surface area contributed by atoms with Crippen molar-refractivity contribution in [3.8, 4) is 5.75 Å². The molecule has 2 N–H and O–H groups in total. The van der Waals surface area contributed by atoms with Crippen molar-refractivity contribution in [3.05, 3.63) is 53.6 Å². The molecule has 0 aliphatic carbocycles. The van der Waals surface area contributed by atoms with Crippen LogP contribution in [0.4, 0.5) is 11.4 Å². The molecule has 0 unspecified atom stereocenters. The first-order valence-electron chi connectivity index (χ1n) is 7.87. The fourth-order valence-corrected chi connectivity index (χ4v) is 2.93. The molecule has 0 aromatic heterocycles. The number of nitrogens with one attached hydrogen (secondary N) is 2. The molecule has 2 aromatic rings. The van der Waals surface area contributed by atoms with Crippen LogP contribution in [-0.4, -0.2) is 30.4 Å². The summed E-state index contributed by atoms with van der Waals surface area (Å²) >= 11 is 1.27. The third kappa shape index (κ3) is 5.83. The van der Waals surface area contributed by atoms with E-state index >= 15 is 0 Å². The monoisotopic (exact) mass is 358 g/mol. The van der Waals surface area contributed by atoms with Gasteiger partial charge in [-0.15, -0.1) is 11.8 Å². The standard InChI is InChI=1S/C19H22N2O3S/c1-13-8-9-15(14(2)10-13)20-18(22)11-25-12-19(23)21-16-6-4-5-7-17(16)24-3/h4-10H,11-12H2,1-3H3,(H,20,22)(H,21,23). The van der Waals surface area contributed by atoms with E-state index in [4.69, 9.17) is 4.74 Å². The Bertz CT molecular complexity index is 762. The maximum absolute atomic E-state index is 12.0. The maximum Gasteiger partial charge on any atom is 0.234 e. The predicted octanol–water partition coefficient (Wildman–Crippen LogP) is 3.62. The summed E-state index contributed by atoms with van der Waals surface area (Å²) < 4.78 is 5.19. The summed E-state index contributed by atoms with van der Waals surface area (Å²) in [6.45, 7) is 3.96. The number of ether oxygens (including phenoxy) is 1. The highest BCUT2D eigenvalue weighted by atomic mass is 32.2. The lowest BCUT2D eigenvalue weighted by Crippen LogP contribution is -2.19. The molecule has 0 saturated heterocycles. The van der Waals surface area contributed by atoms with Gasteiger partial charge in [0.25, 0.3) is 0 Å². The first kappa shape index (κ1) is 18.9. The molecule has 5 nitrogen and oxygen atoms in total. The smallest absolute Gasteiger partial charge is 0.234 e. The van der Waals surface area contributed by atoms with E-state index in [2.05, 4.69) is 10.6 Å². The van der Waals surface area contributed by atoms with Crippen molar-refractivity contribution in [3.63, 3.8) is 0 Å². The molecule has 0 aliphatic rings. The zero-order chi connectivity index (χ0) is 18.2. The Morgan fingerprint density at radius 1 is 0.960 bits per heavy atom. The Hall–Kier alpha value is -2.47. The molecule has 0 heterocycles. The van der Waals surface area contributed by atoms with E-state index in [9.17, 15) is 9.59 Å². The maximum atomic E-state index is 12.0. The first-order valence-corrected chi connectivity index (χ1v) is 9.03. The number of aryl methyl sites for hydroxylation is 2. The SMILES string of the molecule is COc1ccccc1NC(=O)CSCC(=O)Nc1ccc(C)cc1C. The summed E-state index contributed by atoms with van der Waals surface area (Å²) in [7, 11) is 1.55. The molecule has 0 aliphatic heterocycles. The van der Waals surface area contributed by atoms with Crippen LogP contribution in [0.25, 0.3) is 0 Å². The summed E-state index contributed by atoms with van der Waals surface area (Å²) in [6.07, 6.45) is 0. The van der Waals surface area contributed by atoms with Gasteiger partial charge in [0.1, 0.15) is 5.75 Å². The molecular weight excluding hydrogens is 336 g/mol. The fourth-order valence-electron chi connectivity index (χ4n) is 2.31. The number of thioether (sulfide) groups is 1. The van der Waals surface area contributed by atoms with E-state index in [1.165, 1.54) is 11.8 Å². The van der Waals surface area contributed by atoms with E-state index in [-0.39, 0.29) is 23.3 Å². The van der Waals surface area contributed by atoms with E-state index in [1.54, 1.807) is 19.2 Å². The van der Waals surface area contributed by atoms with Crippen molar-refractivity contribution < 1.29 is 14.3 Å².